The molecule has 0 saturated carbocycles. The van der Waals surface area contributed by atoms with Crippen LogP contribution in [0.3, 0.4) is 0 Å². The Kier molecular flexibility index (Phi) is 5.51. The van der Waals surface area contributed by atoms with Crippen LogP contribution in [0.5, 0.6) is 0 Å². The second kappa shape index (κ2) is 6.89. The molecule has 0 fully saturated rings. The van der Waals surface area contributed by atoms with Gasteiger partial charge in [-0.25, -0.2) is 4.79 Å². The zero-order valence-electron chi connectivity index (χ0n) is 11.3. The second-order valence-electron chi connectivity index (χ2n) is 4.59. The number of carbonyl (C=O) groups is 2. The lowest BCUT2D eigenvalue weighted by molar-refractivity contribution is -0.117. The van der Waals surface area contributed by atoms with Crippen molar-refractivity contribution in [1.29, 1.82) is 0 Å². The summed E-state index contributed by atoms with van der Waals surface area (Å²) in [7, 11) is 0. The van der Waals surface area contributed by atoms with Gasteiger partial charge in [-0.3, -0.25) is 4.79 Å². The van der Waals surface area contributed by atoms with Gasteiger partial charge in [0.15, 0.2) is 0 Å². The Hall–Kier alpha value is -1.88. The standard InChI is InChI=1S/C14H20N2O3/c1-3-4-5-11(15)13(17)16-12-7-6-9(2)8-10(12)14(18)19/h6-8,11H,3-5,15H2,1-2H3,(H,16,17)(H,18,19). The summed E-state index contributed by atoms with van der Waals surface area (Å²) in [6, 6.07) is 4.25. The molecule has 0 aliphatic heterocycles. The maximum absolute atomic E-state index is 11.8. The Morgan fingerprint density at radius 2 is 2.11 bits per heavy atom. The van der Waals surface area contributed by atoms with Gasteiger partial charge in [0.2, 0.25) is 5.91 Å². The van der Waals surface area contributed by atoms with Gasteiger partial charge in [0.05, 0.1) is 17.3 Å². The highest BCUT2D eigenvalue weighted by Crippen LogP contribution is 2.18. The molecule has 0 radical (unpaired) electrons. The summed E-state index contributed by atoms with van der Waals surface area (Å²) in [4.78, 5) is 23.0. The number of carbonyl (C=O) groups excluding carboxylic acids is 1. The number of nitrogens with two attached hydrogens (primary N) is 1. The number of rotatable bonds is 6. The van der Waals surface area contributed by atoms with Crippen LogP contribution in [0.25, 0.3) is 0 Å². The van der Waals surface area contributed by atoms with Crippen molar-refractivity contribution in [3.63, 3.8) is 0 Å². The number of aromatic carboxylic acids is 1. The Balaban J connectivity index is 2.81. The molecule has 0 bridgehead atoms. The summed E-state index contributed by atoms with van der Waals surface area (Å²) in [5.41, 5.74) is 6.94. The molecule has 0 spiro atoms. The van der Waals surface area contributed by atoms with Crippen LogP contribution in [0.4, 0.5) is 5.69 Å². The fourth-order valence-electron chi connectivity index (χ4n) is 1.72. The van der Waals surface area contributed by atoms with Gasteiger partial charge in [0, 0.05) is 0 Å². The highest BCUT2D eigenvalue weighted by molar-refractivity contribution is 6.02. The lowest BCUT2D eigenvalue weighted by atomic mass is 10.1. The van der Waals surface area contributed by atoms with Crippen molar-refractivity contribution in [3.05, 3.63) is 29.3 Å². The predicted octanol–water partition coefficient (Wildman–Crippen LogP) is 2.15. The number of carboxylic acids is 1. The molecule has 1 unspecified atom stereocenters. The minimum Gasteiger partial charge on any atom is -0.478 e. The van der Waals surface area contributed by atoms with E-state index in [4.69, 9.17) is 10.8 Å². The first kappa shape index (κ1) is 15.2. The second-order valence-corrected chi connectivity index (χ2v) is 4.59. The molecule has 0 heterocycles. The number of anilines is 1. The van der Waals surface area contributed by atoms with Crippen molar-refractivity contribution in [2.45, 2.75) is 39.2 Å². The van der Waals surface area contributed by atoms with Crippen LogP contribution in [0, 0.1) is 6.92 Å². The van der Waals surface area contributed by atoms with E-state index in [1.807, 2.05) is 6.92 Å². The smallest absolute Gasteiger partial charge is 0.337 e. The molecular weight excluding hydrogens is 244 g/mol. The fourth-order valence-corrected chi connectivity index (χ4v) is 1.72. The Labute approximate surface area is 112 Å². The molecule has 1 aromatic carbocycles. The number of hydrogen-bond donors (Lipinski definition) is 3. The van der Waals surface area contributed by atoms with E-state index in [0.29, 0.717) is 6.42 Å². The Morgan fingerprint density at radius 3 is 2.68 bits per heavy atom. The van der Waals surface area contributed by atoms with Crippen LogP contribution in [0.2, 0.25) is 0 Å². The summed E-state index contributed by atoms with van der Waals surface area (Å²) in [5.74, 6) is -1.42. The van der Waals surface area contributed by atoms with Crippen molar-refractivity contribution in [2.75, 3.05) is 5.32 Å². The van der Waals surface area contributed by atoms with E-state index in [9.17, 15) is 9.59 Å². The molecule has 4 N–H and O–H groups in total. The van der Waals surface area contributed by atoms with Crippen LogP contribution in [0.1, 0.15) is 42.1 Å². The molecule has 5 nitrogen and oxygen atoms in total. The van der Waals surface area contributed by atoms with E-state index >= 15 is 0 Å². The van der Waals surface area contributed by atoms with Crippen molar-refractivity contribution in [3.8, 4) is 0 Å². The number of nitrogens with one attached hydrogen (secondary N) is 1. The Bertz CT molecular complexity index is 472. The molecule has 1 aromatic rings. The van der Waals surface area contributed by atoms with Gasteiger partial charge in [0.25, 0.3) is 0 Å². The third-order valence-electron chi connectivity index (χ3n) is 2.87. The average molecular weight is 264 g/mol. The van der Waals surface area contributed by atoms with E-state index in [2.05, 4.69) is 5.32 Å². The zero-order valence-corrected chi connectivity index (χ0v) is 11.3. The van der Waals surface area contributed by atoms with Crippen LogP contribution < -0.4 is 11.1 Å². The van der Waals surface area contributed by atoms with E-state index < -0.39 is 12.0 Å². The lowest BCUT2D eigenvalue weighted by Gasteiger charge is -2.13. The van der Waals surface area contributed by atoms with Gasteiger partial charge in [-0.15, -0.1) is 0 Å². The molecule has 1 amide bonds. The van der Waals surface area contributed by atoms with Crippen molar-refractivity contribution < 1.29 is 14.7 Å². The van der Waals surface area contributed by atoms with Crippen molar-refractivity contribution in [2.24, 2.45) is 5.73 Å². The number of aryl methyl sites for hydroxylation is 1. The number of unbranched alkanes of at least 4 members (excludes halogenated alkanes) is 1. The van der Waals surface area contributed by atoms with Gasteiger partial charge >= 0.3 is 5.97 Å². The number of carboxylic acid groups (broad SMARTS) is 1. The van der Waals surface area contributed by atoms with E-state index in [1.54, 1.807) is 19.1 Å². The summed E-state index contributed by atoms with van der Waals surface area (Å²) < 4.78 is 0. The molecule has 104 valence electrons. The first-order valence-corrected chi connectivity index (χ1v) is 6.36. The summed E-state index contributed by atoms with van der Waals surface area (Å²) in [5, 5.41) is 11.7. The van der Waals surface area contributed by atoms with Gasteiger partial charge in [0.1, 0.15) is 0 Å². The van der Waals surface area contributed by atoms with Crippen LogP contribution in [-0.2, 0) is 4.79 Å². The SMILES string of the molecule is CCCCC(N)C(=O)Nc1ccc(C)cc1C(=O)O. The quantitative estimate of drug-likeness (QED) is 0.734. The van der Waals surface area contributed by atoms with Crippen molar-refractivity contribution in [1.82, 2.24) is 0 Å². The molecule has 0 aliphatic rings. The fraction of sp³-hybridized carbons (Fsp3) is 0.429. The minimum absolute atomic E-state index is 0.0797. The highest BCUT2D eigenvalue weighted by Gasteiger charge is 2.17. The molecule has 0 saturated heterocycles. The first-order chi connectivity index (χ1) is 8.95. The van der Waals surface area contributed by atoms with E-state index in [-0.39, 0.29) is 17.2 Å². The van der Waals surface area contributed by atoms with Crippen LogP contribution in [-0.4, -0.2) is 23.0 Å². The third-order valence-corrected chi connectivity index (χ3v) is 2.87. The molecule has 1 rings (SSSR count). The monoisotopic (exact) mass is 264 g/mol. The topological polar surface area (TPSA) is 92.4 Å². The molecule has 0 aromatic heterocycles. The van der Waals surface area contributed by atoms with Crippen molar-refractivity contribution >= 4 is 17.6 Å². The molecule has 1 atom stereocenters. The zero-order chi connectivity index (χ0) is 14.4. The van der Waals surface area contributed by atoms with Crippen LogP contribution >= 0.6 is 0 Å². The minimum atomic E-state index is -1.07. The largest absolute Gasteiger partial charge is 0.478 e. The number of hydrogen-bond acceptors (Lipinski definition) is 3. The van der Waals surface area contributed by atoms with Gasteiger partial charge < -0.3 is 16.2 Å². The molecule has 19 heavy (non-hydrogen) atoms. The van der Waals surface area contributed by atoms with Gasteiger partial charge in [-0.05, 0) is 25.5 Å². The molecule has 0 aliphatic carbocycles. The highest BCUT2D eigenvalue weighted by atomic mass is 16.4. The lowest BCUT2D eigenvalue weighted by Crippen LogP contribution is -2.35. The normalized spacial score (nSPS) is 11.9. The molecular formula is C14H20N2O3. The predicted molar refractivity (Wildman–Crippen MR) is 74.3 cm³/mol. The van der Waals surface area contributed by atoms with E-state index in [1.165, 1.54) is 6.07 Å². The summed E-state index contributed by atoms with van der Waals surface area (Å²) in [6.45, 7) is 3.82. The third kappa shape index (κ3) is 4.37. The first-order valence-electron chi connectivity index (χ1n) is 6.36. The Morgan fingerprint density at radius 1 is 1.42 bits per heavy atom. The summed E-state index contributed by atoms with van der Waals surface area (Å²) >= 11 is 0. The summed E-state index contributed by atoms with van der Waals surface area (Å²) in [6.07, 6.45) is 2.43. The maximum atomic E-state index is 11.8. The number of amides is 1. The molecule has 5 heteroatoms. The van der Waals surface area contributed by atoms with Gasteiger partial charge in [-0.2, -0.15) is 0 Å². The maximum Gasteiger partial charge on any atom is 0.337 e. The number of benzene rings is 1. The van der Waals surface area contributed by atoms with Gasteiger partial charge in [-0.1, -0.05) is 31.4 Å². The van der Waals surface area contributed by atoms with Crippen LogP contribution in [0.15, 0.2) is 18.2 Å². The van der Waals surface area contributed by atoms with E-state index in [0.717, 1.165) is 18.4 Å². The average Bonchev–Trinajstić information content (AvgIpc) is 2.37.